The predicted octanol–water partition coefficient (Wildman–Crippen LogP) is 8.32. The molecule has 198 valence electrons. The van der Waals surface area contributed by atoms with Gasteiger partial charge in [-0.2, -0.15) is 0 Å². The van der Waals surface area contributed by atoms with Gasteiger partial charge < -0.3 is 16.1 Å². The third-order valence-electron chi connectivity index (χ3n) is 5.20. The second-order valence-corrected chi connectivity index (χ2v) is 11.0. The summed E-state index contributed by atoms with van der Waals surface area (Å²) in [5.41, 5.74) is 0. The first-order valence-electron chi connectivity index (χ1n) is 13.8. The Bertz CT molecular complexity index is 521. The number of carbonyl (C=O) groups excluding carboxylic acids is 1. The van der Waals surface area contributed by atoms with Crippen LogP contribution in [-0.2, 0) is 20.9 Å². The van der Waals surface area contributed by atoms with Crippen LogP contribution >= 0.6 is 0 Å². The van der Waals surface area contributed by atoms with Gasteiger partial charge in [-0.15, -0.1) is 0 Å². The van der Waals surface area contributed by atoms with Gasteiger partial charge in [0.05, 0.1) is 12.7 Å². The topological polar surface area (TPSA) is 54.0 Å². The summed E-state index contributed by atoms with van der Waals surface area (Å²) >= 11 is -2.41. The van der Waals surface area contributed by atoms with Crippen LogP contribution < -0.4 is 0 Å². The Kier molecular flexibility index (Phi) is 23.4. The molecule has 34 heavy (non-hydrogen) atoms. The van der Waals surface area contributed by atoms with Crippen molar-refractivity contribution in [2.75, 3.05) is 6.61 Å². The van der Waals surface area contributed by atoms with E-state index in [-0.39, 0.29) is 23.9 Å². The smallest absolute Gasteiger partial charge is 0.572 e. The van der Waals surface area contributed by atoms with Crippen molar-refractivity contribution in [2.24, 2.45) is 0 Å². The third kappa shape index (κ3) is 24.3. The summed E-state index contributed by atoms with van der Waals surface area (Å²) in [6.07, 6.45) is 23.9. The maximum atomic E-state index is 11.6. The minimum Gasteiger partial charge on any atom is -0.572 e. The van der Waals surface area contributed by atoms with Crippen molar-refractivity contribution in [3.63, 3.8) is 0 Å². The summed E-state index contributed by atoms with van der Waals surface area (Å²) in [4.78, 5) is 11.6. The van der Waals surface area contributed by atoms with E-state index in [4.69, 9.17) is 16.1 Å². The third-order valence-corrected chi connectivity index (χ3v) is 7.16. The molecule has 0 aromatic carbocycles. The number of carbonyl (C=O) groups is 1. The van der Waals surface area contributed by atoms with E-state index in [0.29, 0.717) is 6.61 Å². The molecular formula is C28H53AlO5. The van der Waals surface area contributed by atoms with Crippen molar-refractivity contribution in [1.29, 1.82) is 0 Å². The molecular weight excluding hydrogens is 443 g/mol. The highest BCUT2D eigenvalue weighted by atomic mass is 27.3. The minimum absolute atomic E-state index is 0.00944. The van der Waals surface area contributed by atoms with Crippen LogP contribution in [0.3, 0.4) is 0 Å². The van der Waals surface area contributed by atoms with Gasteiger partial charge in [0.2, 0.25) is 5.95 Å². The van der Waals surface area contributed by atoms with E-state index in [0.717, 1.165) is 12.8 Å². The zero-order valence-electron chi connectivity index (χ0n) is 23.1. The zero-order valence-corrected chi connectivity index (χ0v) is 24.3. The molecule has 0 unspecified atom stereocenters. The average molecular weight is 497 g/mol. The van der Waals surface area contributed by atoms with Gasteiger partial charge in [-0.25, -0.2) is 0 Å². The van der Waals surface area contributed by atoms with E-state index in [1.54, 1.807) is 0 Å². The first-order chi connectivity index (χ1) is 16.3. The Labute approximate surface area is 216 Å². The van der Waals surface area contributed by atoms with Crippen LogP contribution in [0.5, 0.6) is 0 Å². The van der Waals surface area contributed by atoms with Gasteiger partial charge in [-0.1, -0.05) is 76.9 Å². The molecule has 0 aromatic heterocycles. The zero-order chi connectivity index (χ0) is 25.4. The van der Waals surface area contributed by atoms with E-state index in [1.807, 2.05) is 27.7 Å². The van der Waals surface area contributed by atoms with Gasteiger partial charge in [0.1, 0.15) is 0 Å². The molecule has 0 N–H and O–H groups in total. The Balaban J connectivity index is 3.87. The summed E-state index contributed by atoms with van der Waals surface area (Å²) in [5, 5.41) is 0. The molecule has 5 nitrogen and oxygen atoms in total. The molecule has 0 aliphatic rings. The summed E-state index contributed by atoms with van der Waals surface area (Å²) in [6.45, 7) is 12.0. The number of hydrogen-bond donors (Lipinski definition) is 0. The van der Waals surface area contributed by atoms with E-state index in [2.05, 4.69) is 19.1 Å². The highest BCUT2D eigenvalue weighted by molar-refractivity contribution is 6.36. The summed E-state index contributed by atoms with van der Waals surface area (Å²) < 4.78 is 23.1. The largest absolute Gasteiger partial charge is 1.00 e. The maximum Gasteiger partial charge on any atom is 1.00 e. The van der Waals surface area contributed by atoms with Gasteiger partial charge in [0.25, 0.3) is 0 Å². The highest BCUT2D eigenvalue weighted by Gasteiger charge is 2.38. The van der Waals surface area contributed by atoms with Crippen molar-refractivity contribution in [3.8, 4) is 0 Å². The molecule has 0 amide bonds. The lowest BCUT2D eigenvalue weighted by Crippen LogP contribution is -2.33. The summed E-state index contributed by atoms with van der Waals surface area (Å²) in [5.74, 6) is 0.107. The van der Waals surface area contributed by atoms with E-state index >= 15 is 0 Å². The van der Waals surface area contributed by atoms with Gasteiger partial charge in [-0.3, -0.25) is 4.79 Å². The molecule has 0 saturated carbocycles. The normalized spacial score (nSPS) is 12.2. The number of allylic oxidation sites excluding steroid dienone is 3. The molecule has 0 fully saturated rings. The lowest BCUT2D eigenvalue weighted by molar-refractivity contribution is -0.113. The number of rotatable bonds is 24. The fourth-order valence-electron chi connectivity index (χ4n) is 3.42. The van der Waals surface area contributed by atoms with Crippen molar-refractivity contribution in [1.82, 2.24) is 0 Å². The molecule has 0 aliphatic carbocycles. The van der Waals surface area contributed by atoms with Gasteiger partial charge in [0, 0.05) is 12.2 Å². The molecule has 0 bridgehead atoms. The van der Waals surface area contributed by atoms with Crippen LogP contribution in [0, 0.1) is 0 Å². The molecule has 0 atom stereocenters. The van der Waals surface area contributed by atoms with Crippen LogP contribution in [0.2, 0.25) is 0 Å². The summed E-state index contributed by atoms with van der Waals surface area (Å²) in [6, 6.07) is 0. The fourth-order valence-corrected chi connectivity index (χ4v) is 4.81. The van der Waals surface area contributed by atoms with E-state index in [9.17, 15) is 4.79 Å². The molecule has 0 saturated heterocycles. The van der Waals surface area contributed by atoms with E-state index in [1.165, 1.54) is 90.0 Å². The second kappa shape index (κ2) is 23.9. The fraction of sp³-hybridized carbons (Fsp3) is 0.821. The molecule has 0 heterocycles. The predicted molar refractivity (Wildman–Crippen MR) is 143 cm³/mol. The SMILES string of the molecule is CCCCCCCCC=CCCCCCCCCOC(=CC(C)=O)[O][Al]([O]C(C)C)[O]C(C)C. The average Bonchev–Trinajstić information content (AvgIpc) is 2.74. The first-order valence-corrected chi connectivity index (χ1v) is 15.2. The van der Waals surface area contributed by atoms with Crippen molar-refractivity contribution in [2.45, 2.75) is 144 Å². The Morgan fingerprint density at radius 1 is 0.735 bits per heavy atom. The van der Waals surface area contributed by atoms with E-state index < -0.39 is 15.1 Å². The Hall–Kier alpha value is -0.798. The quantitative estimate of drug-likeness (QED) is 0.0442. The lowest BCUT2D eigenvalue weighted by Gasteiger charge is -2.20. The number of ketones is 1. The Morgan fingerprint density at radius 3 is 1.68 bits per heavy atom. The first kappa shape index (κ1) is 33.2. The van der Waals surface area contributed by atoms with Crippen LogP contribution in [0.4, 0.5) is 0 Å². The van der Waals surface area contributed by atoms with Gasteiger partial charge >= 0.3 is 15.1 Å². The molecule has 0 radical (unpaired) electrons. The molecule has 0 aromatic rings. The van der Waals surface area contributed by atoms with Crippen LogP contribution in [0.1, 0.15) is 131 Å². The maximum absolute atomic E-state index is 11.6. The number of ether oxygens (including phenoxy) is 1. The second-order valence-electron chi connectivity index (χ2n) is 9.64. The molecule has 6 heteroatoms. The number of hydrogen-bond acceptors (Lipinski definition) is 5. The standard InChI is InChI=1S/C22H40O3.2C3H7O.Al/c1-3-4-5-6-7-8-9-10-11-12-13-14-15-16-17-18-19-25-22(24)20-21(2)23;2*1-3(2)4;/h10-11,20,24H,3-9,12-19H2,1-2H3;2*3H,1-2H3;/q;2*-1;+3/p-1. The lowest BCUT2D eigenvalue weighted by atomic mass is 10.1. The molecule has 0 spiro atoms. The van der Waals surface area contributed by atoms with Crippen molar-refractivity contribution < 1.29 is 20.9 Å². The van der Waals surface area contributed by atoms with Crippen LogP contribution in [0.15, 0.2) is 24.2 Å². The van der Waals surface area contributed by atoms with Gasteiger partial charge in [0.15, 0.2) is 5.78 Å². The Morgan fingerprint density at radius 2 is 1.21 bits per heavy atom. The molecule has 0 aliphatic heterocycles. The van der Waals surface area contributed by atoms with Crippen LogP contribution in [-0.4, -0.2) is 39.7 Å². The molecule has 0 rings (SSSR count). The minimum atomic E-state index is -2.41. The number of unbranched alkanes of at least 4 members (excludes halogenated alkanes) is 12. The van der Waals surface area contributed by atoms with Crippen molar-refractivity contribution in [3.05, 3.63) is 24.2 Å². The highest BCUT2D eigenvalue weighted by Crippen LogP contribution is 2.13. The monoisotopic (exact) mass is 496 g/mol. The van der Waals surface area contributed by atoms with Crippen LogP contribution in [0.25, 0.3) is 0 Å². The summed E-state index contributed by atoms with van der Waals surface area (Å²) in [7, 11) is 0. The van der Waals surface area contributed by atoms with Gasteiger partial charge in [-0.05, 0) is 66.7 Å². The van der Waals surface area contributed by atoms with Crippen molar-refractivity contribution >= 4 is 20.9 Å².